The average molecular weight is 407 g/mol. The van der Waals surface area contributed by atoms with Crippen LogP contribution in [0.25, 0.3) is 11.0 Å². The standard InChI is InChI=1S/C18H19BrN2O4/c19-13-3-4-14-12(10-13)11-16(25-14)18(23)21-7-5-20(6-8-21)17(22)15-2-1-9-24-15/h3-4,10-11,15H,1-2,5-9H2. The van der Waals surface area contributed by atoms with Crippen molar-refractivity contribution in [3.05, 3.63) is 34.5 Å². The van der Waals surface area contributed by atoms with Crippen molar-refractivity contribution in [3.63, 3.8) is 0 Å². The summed E-state index contributed by atoms with van der Waals surface area (Å²) in [6, 6.07) is 7.42. The first-order chi connectivity index (χ1) is 12.1. The molecule has 2 aliphatic rings. The SMILES string of the molecule is O=C(c1cc2cc(Br)ccc2o1)N1CCN(C(=O)C2CCCO2)CC1. The summed E-state index contributed by atoms with van der Waals surface area (Å²) in [6.07, 6.45) is 1.44. The van der Waals surface area contributed by atoms with E-state index < -0.39 is 0 Å². The van der Waals surface area contributed by atoms with Gasteiger partial charge < -0.3 is 19.0 Å². The molecule has 0 saturated carbocycles. The summed E-state index contributed by atoms with van der Waals surface area (Å²) in [5, 5.41) is 0.893. The van der Waals surface area contributed by atoms with Crippen LogP contribution >= 0.6 is 15.9 Å². The Morgan fingerprint density at radius 1 is 1.08 bits per heavy atom. The number of furan rings is 1. The van der Waals surface area contributed by atoms with Gasteiger partial charge in [-0.05, 0) is 37.1 Å². The molecule has 132 valence electrons. The number of ether oxygens (including phenoxy) is 1. The largest absolute Gasteiger partial charge is 0.451 e. The maximum Gasteiger partial charge on any atom is 0.289 e. The summed E-state index contributed by atoms with van der Waals surface area (Å²) in [5.74, 6) is 0.265. The van der Waals surface area contributed by atoms with Crippen LogP contribution in [0.3, 0.4) is 0 Å². The van der Waals surface area contributed by atoms with Crippen molar-refractivity contribution in [1.29, 1.82) is 0 Å². The van der Waals surface area contributed by atoms with Crippen molar-refractivity contribution >= 4 is 38.7 Å². The summed E-state index contributed by atoms with van der Waals surface area (Å²) < 4.78 is 12.1. The van der Waals surface area contributed by atoms with Gasteiger partial charge in [0.15, 0.2) is 5.76 Å². The van der Waals surface area contributed by atoms with E-state index in [9.17, 15) is 9.59 Å². The molecule has 2 fully saturated rings. The van der Waals surface area contributed by atoms with Gasteiger partial charge in [-0.25, -0.2) is 0 Å². The van der Waals surface area contributed by atoms with Crippen LogP contribution in [0, 0.1) is 0 Å². The molecule has 7 heteroatoms. The monoisotopic (exact) mass is 406 g/mol. The predicted octanol–water partition coefficient (Wildman–Crippen LogP) is 2.66. The first-order valence-corrected chi connectivity index (χ1v) is 9.30. The molecule has 1 aromatic heterocycles. The third-order valence-corrected chi connectivity index (χ3v) is 5.27. The molecule has 0 radical (unpaired) electrons. The number of hydrogen-bond acceptors (Lipinski definition) is 4. The topological polar surface area (TPSA) is 63.0 Å². The molecule has 2 aromatic rings. The number of carbonyl (C=O) groups is 2. The zero-order chi connectivity index (χ0) is 17.4. The lowest BCUT2D eigenvalue weighted by molar-refractivity contribution is -0.142. The summed E-state index contributed by atoms with van der Waals surface area (Å²) in [4.78, 5) is 28.6. The Morgan fingerprint density at radius 2 is 1.84 bits per heavy atom. The van der Waals surface area contributed by atoms with Gasteiger partial charge in [-0.2, -0.15) is 0 Å². The highest BCUT2D eigenvalue weighted by Gasteiger charge is 2.32. The molecule has 4 rings (SSSR count). The van der Waals surface area contributed by atoms with E-state index in [0.717, 1.165) is 22.7 Å². The number of fused-ring (bicyclic) bond motifs is 1. The summed E-state index contributed by atoms with van der Waals surface area (Å²) >= 11 is 3.42. The summed E-state index contributed by atoms with van der Waals surface area (Å²) in [5.41, 5.74) is 0.693. The van der Waals surface area contributed by atoms with Gasteiger partial charge in [0.05, 0.1) is 0 Å². The number of carbonyl (C=O) groups excluding carboxylic acids is 2. The van der Waals surface area contributed by atoms with Gasteiger partial charge in [-0.3, -0.25) is 9.59 Å². The molecule has 0 bridgehead atoms. The quantitative estimate of drug-likeness (QED) is 0.768. The smallest absolute Gasteiger partial charge is 0.289 e. The van der Waals surface area contributed by atoms with E-state index in [0.29, 0.717) is 44.1 Å². The van der Waals surface area contributed by atoms with E-state index in [1.165, 1.54) is 0 Å². The Bertz CT molecular complexity index is 805. The number of amides is 2. The van der Waals surface area contributed by atoms with E-state index in [1.54, 1.807) is 15.9 Å². The van der Waals surface area contributed by atoms with Gasteiger partial charge >= 0.3 is 0 Å². The van der Waals surface area contributed by atoms with E-state index in [-0.39, 0.29) is 17.9 Å². The lowest BCUT2D eigenvalue weighted by Crippen LogP contribution is -2.52. The highest BCUT2D eigenvalue weighted by Crippen LogP contribution is 2.24. The van der Waals surface area contributed by atoms with Crippen LogP contribution < -0.4 is 0 Å². The van der Waals surface area contributed by atoms with Gasteiger partial charge in [-0.15, -0.1) is 0 Å². The molecule has 0 N–H and O–H groups in total. The Labute approximate surface area is 153 Å². The minimum Gasteiger partial charge on any atom is -0.451 e. The van der Waals surface area contributed by atoms with Crippen molar-refractivity contribution < 1.29 is 18.7 Å². The normalized spacial score (nSPS) is 21.1. The van der Waals surface area contributed by atoms with Gasteiger partial charge in [0.25, 0.3) is 11.8 Å². The Hall–Kier alpha value is -1.86. The highest BCUT2D eigenvalue weighted by atomic mass is 79.9. The molecular formula is C18H19BrN2O4. The number of benzene rings is 1. The van der Waals surface area contributed by atoms with Gasteiger partial charge in [-0.1, -0.05) is 15.9 Å². The fourth-order valence-electron chi connectivity index (χ4n) is 3.38. The molecule has 2 amide bonds. The molecule has 1 atom stereocenters. The first kappa shape index (κ1) is 16.6. The molecule has 6 nitrogen and oxygen atoms in total. The molecule has 0 aliphatic carbocycles. The second-order valence-corrected chi connectivity index (χ2v) is 7.33. The van der Waals surface area contributed by atoms with Crippen LogP contribution in [0.1, 0.15) is 23.4 Å². The Kier molecular flexibility index (Phi) is 4.52. The number of rotatable bonds is 2. The third kappa shape index (κ3) is 3.30. The van der Waals surface area contributed by atoms with Crippen molar-refractivity contribution in [2.75, 3.05) is 32.8 Å². The van der Waals surface area contributed by atoms with Crippen LogP contribution in [-0.2, 0) is 9.53 Å². The zero-order valence-electron chi connectivity index (χ0n) is 13.7. The van der Waals surface area contributed by atoms with Crippen LogP contribution in [0.15, 0.2) is 33.2 Å². The number of halogens is 1. The molecule has 2 saturated heterocycles. The molecule has 0 spiro atoms. The third-order valence-electron chi connectivity index (χ3n) is 4.77. The fraction of sp³-hybridized carbons (Fsp3) is 0.444. The first-order valence-electron chi connectivity index (χ1n) is 8.50. The van der Waals surface area contributed by atoms with E-state index in [1.807, 2.05) is 18.2 Å². The van der Waals surface area contributed by atoms with Crippen LogP contribution in [0.5, 0.6) is 0 Å². The predicted molar refractivity (Wildman–Crippen MR) is 95.4 cm³/mol. The maximum atomic E-state index is 12.7. The number of hydrogen-bond donors (Lipinski definition) is 0. The lowest BCUT2D eigenvalue weighted by atomic mass is 10.2. The molecule has 3 heterocycles. The van der Waals surface area contributed by atoms with Crippen molar-refractivity contribution in [3.8, 4) is 0 Å². The average Bonchev–Trinajstić information content (AvgIpc) is 3.30. The highest BCUT2D eigenvalue weighted by molar-refractivity contribution is 9.10. The second kappa shape index (κ2) is 6.80. The summed E-state index contributed by atoms with van der Waals surface area (Å²) in [7, 11) is 0. The lowest BCUT2D eigenvalue weighted by Gasteiger charge is -2.35. The minimum absolute atomic E-state index is 0.0539. The fourth-order valence-corrected chi connectivity index (χ4v) is 3.76. The van der Waals surface area contributed by atoms with Gasteiger partial charge in [0.1, 0.15) is 11.7 Å². The molecule has 1 unspecified atom stereocenters. The molecule has 1 aromatic carbocycles. The van der Waals surface area contributed by atoms with E-state index >= 15 is 0 Å². The number of piperazine rings is 1. The molecule has 2 aliphatic heterocycles. The van der Waals surface area contributed by atoms with Gasteiger partial charge in [0.2, 0.25) is 0 Å². The van der Waals surface area contributed by atoms with Crippen LogP contribution in [0.2, 0.25) is 0 Å². The zero-order valence-corrected chi connectivity index (χ0v) is 15.3. The van der Waals surface area contributed by atoms with Gasteiger partial charge in [0, 0.05) is 42.6 Å². The minimum atomic E-state index is -0.295. The molecule has 25 heavy (non-hydrogen) atoms. The van der Waals surface area contributed by atoms with E-state index in [2.05, 4.69) is 15.9 Å². The maximum absolute atomic E-state index is 12.7. The summed E-state index contributed by atoms with van der Waals surface area (Å²) in [6.45, 7) is 2.76. The van der Waals surface area contributed by atoms with E-state index in [4.69, 9.17) is 9.15 Å². The van der Waals surface area contributed by atoms with Crippen molar-refractivity contribution in [2.24, 2.45) is 0 Å². The Morgan fingerprint density at radius 3 is 2.56 bits per heavy atom. The van der Waals surface area contributed by atoms with Crippen LogP contribution in [0.4, 0.5) is 0 Å². The van der Waals surface area contributed by atoms with Crippen LogP contribution in [-0.4, -0.2) is 60.5 Å². The number of nitrogens with zero attached hydrogens (tertiary/aromatic N) is 2. The Balaban J connectivity index is 1.41. The van der Waals surface area contributed by atoms with Crippen molar-refractivity contribution in [1.82, 2.24) is 9.80 Å². The molecular weight excluding hydrogens is 388 g/mol. The second-order valence-electron chi connectivity index (χ2n) is 6.41. The van der Waals surface area contributed by atoms with Crippen molar-refractivity contribution in [2.45, 2.75) is 18.9 Å².